The second-order valence-electron chi connectivity index (χ2n) is 10.1. The van der Waals surface area contributed by atoms with Crippen LogP contribution in [0.15, 0.2) is 30.3 Å². The average molecular weight is 614 g/mol. The molecule has 2 aliphatic rings. The Bertz CT molecular complexity index is 1270. The SMILES string of the molecule is C[N+]1(CC2c3[nH]c4ccc(Cl)cc4c3CCN2CCNc2ccc(Cl)c(C(F)(F)F)n2)CCCC1N.Cl.[Cl-]. The number of nitrogens with two attached hydrogens (primary N) is 1. The molecule has 1 fully saturated rings. The molecular weight excluding hydrogens is 583 g/mol. The van der Waals surface area contributed by atoms with Crippen molar-refractivity contribution in [2.45, 2.75) is 37.6 Å². The molecule has 1 saturated heterocycles. The lowest BCUT2D eigenvalue weighted by Gasteiger charge is -2.42. The lowest BCUT2D eigenvalue weighted by atomic mass is 9.96. The van der Waals surface area contributed by atoms with E-state index in [1.54, 1.807) is 0 Å². The van der Waals surface area contributed by atoms with Crippen molar-refractivity contribution < 1.29 is 30.1 Å². The second kappa shape index (κ2) is 12.0. The fraction of sp³-hybridized carbons (Fsp3) is 0.480. The van der Waals surface area contributed by atoms with E-state index in [1.165, 1.54) is 23.4 Å². The molecule has 38 heavy (non-hydrogen) atoms. The summed E-state index contributed by atoms with van der Waals surface area (Å²) in [5, 5.41) is 4.51. The van der Waals surface area contributed by atoms with Gasteiger partial charge in [-0.15, -0.1) is 12.4 Å². The number of aromatic amines is 1. The van der Waals surface area contributed by atoms with E-state index in [0.29, 0.717) is 18.1 Å². The van der Waals surface area contributed by atoms with Gasteiger partial charge in [-0.2, -0.15) is 13.2 Å². The van der Waals surface area contributed by atoms with Crippen molar-refractivity contribution >= 4 is 52.3 Å². The van der Waals surface area contributed by atoms with E-state index in [9.17, 15) is 13.2 Å². The first-order valence-corrected chi connectivity index (χ1v) is 12.9. The highest BCUT2D eigenvalue weighted by Gasteiger charge is 2.42. The number of nitrogens with zero attached hydrogens (tertiary/aromatic N) is 3. The number of anilines is 1. The number of likely N-dealkylation sites (tertiary alicyclic amines) is 1. The van der Waals surface area contributed by atoms with E-state index in [2.05, 4.69) is 27.2 Å². The molecule has 5 rings (SSSR count). The predicted octanol–water partition coefficient (Wildman–Crippen LogP) is 2.85. The van der Waals surface area contributed by atoms with Gasteiger partial charge in [0.05, 0.1) is 18.6 Å². The Kier molecular flexibility index (Phi) is 9.78. The predicted molar refractivity (Wildman–Crippen MR) is 144 cm³/mol. The Hall–Kier alpha value is -1.46. The number of hydrogen-bond donors (Lipinski definition) is 3. The third kappa shape index (κ3) is 6.14. The molecule has 2 aromatic heterocycles. The molecule has 210 valence electrons. The molecular formula is C25H31Cl4F3N6. The van der Waals surface area contributed by atoms with Gasteiger partial charge in [0.15, 0.2) is 5.69 Å². The summed E-state index contributed by atoms with van der Waals surface area (Å²) in [6.45, 7) is 3.79. The van der Waals surface area contributed by atoms with Crippen LogP contribution >= 0.6 is 35.6 Å². The number of alkyl halides is 3. The molecule has 0 amide bonds. The number of fused-ring (bicyclic) bond motifs is 3. The summed E-state index contributed by atoms with van der Waals surface area (Å²) in [4.78, 5) is 9.73. The molecule has 0 radical (unpaired) electrons. The van der Waals surface area contributed by atoms with Crippen molar-refractivity contribution in [3.8, 4) is 0 Å². The van der Waals surface area contributed by atoms with Gasteiger partial charge >= 0.3 is 6.18 Å². The molecule has 0 spiro atoms. The van der Waals surface area contributed by atoms with Crippen LogP contribution < -0.4 is 23.5 Å². The zero-order valence-electron chi connectivity index (χ0n) is 20.8. The molecule has 1 aromatic carbocycles. The number of likely N-dealkylation sites (N-methyl/N-ethyl adjacent to an activating group) is 1. The van der Waals surface area contributed by atoms with Crippen LogP contribution in [-0.4, -0.2) is 65.3 Å². The monoisotopic (exact) mass is 612 g/mol. The third-order valence-electron chi connectivity index (χ3n) is 7.70. The van der Waals surface area contributed by atoms with Crippen LogP contribution in [0.4, 0.5) is 19.0 Å². The number of pyridine rings is 1. The van der Waals surface area contributed by atoms with Crippen LogP contribution in [-0.2, 0) is 12.6 Å². The fourth-order valence-electron chi connectivity index (χ4n) is 5.69. The minimum atomic E-state index is -4.60. The van der Waals surface area contributed by atoms with Crippen LogP contribution in [0.2, 0.25) is 10.0 Å². The number of halogens is 7. The first-order valence-electron chi connectivity index (χ1n) is 12.2. The maximum atomic E-state index is 13.2. The molecule has 0 saturated carbocycles. The summed E-state index contributed by atoms with van der Waals surface area (Å²) in [6, 6.07) is 8.72. The third-order valence-corrected chi connectivity index (χ3v) is 8.24. The largest absolute Gasteiger partial charge is 1.00 e. The molecule has 4 N–H and O–H groups in total. The Morgan fingerprint density at radius 3 is 2.68 bits per heavy atom. The highest BCUT2D eigenvalue weighted by Crippen LogP contribution is 2.38. The smallest absolute Gasteiger partial charge is 0.434 e. The van der Waals surface area contributed by atoms with Crippen LogP contribution in [0.25, 0.3) is 10.9 Å². The standard InChI is InChI=1S/C25H30Cl2F3N6.2ClH/c1-36(12-2-3-21(36)31)14-20-23-16(17-13-15(26)4-6-19(17)33-23)8-10-35(20)11-9-32-22-7-5-18(27)24(34-22)25(28,29)30;;/h4-7,13,20-21,33H,2-3,8-12,14,31H2,1H3,(H,32,34);2*1H/q+1;;/p-1. The maximum absolute atomic E-state index is 13.2. The van der Waals surface area contributed by atoms with Crippen LogP contribution in [0.5, 0.6) is 0 Å². The highest BCUT2D eigenvalue weighted by atomic mass is 35.5. The van der Waals surface area contributed by atoms with Gasteiger partial charge in [-0.1, -0.05) is 23.2 Å². The van der Waals surface area contributed by atoms with E-state index in [4.69, 9.17) is 28.9 Å². The van der Waals surface area contributed by atoms with Crippen molar-refractivity contribution in [3.05, 3.63) is 57.3 Å². The quantitative estimate of drug-likeness (QED) is 0.374. The summed E-state index contributed by atoms with van der Waals surface area (Å²) in [5.74, 6) is 0.154. The van der Waals surface area contributed by atoms with E-state index in [0.717, 1.165) is 54.3 Å². The molecule has 3 unspecified atom stereocenters. The minimum absolute atomic E-state index is 0. The van der Waals surface area contributed by atoms with E-state index < -0.39 is 16.9 Å². The number of nitrogens with one attached hydrogen (secondary N) is 2. The van der Waals surface area contributed by atoms with Crippen molar-refractivity contribution in [2.75, 3.05) is 45.1 Å². The van der Waals surface area contributed by atoms with Crippen LogP contribution in [0, 0.1) is 0 Å². The summed E-state index contributed by atoms with van der Waals surface area (Å²) < 4.78 is 40.4. The number of hydrogen-bond acceptors (Lipinski definition) is 4. The number of quaternary nitrogens is 1. The first-order chi connectivity index (χ1) is 17.0. The average Bonchev–Trinajstić information content (AvgIpc) is 3.34. The lowest BCUT2D eigenvalue weighted by Crippen LogP contribution is -3.00. The number of H-pyrrole nitrogens is 1. The number of benzene rings is 1. The van der Waals surface area contributed by atoms with Gasteiger partial charge < -0.3 is 27.2 Å². The molecule has 0 bridgehead atoms. The van der Waals surface area contributed by atoms with Gasteiger partial charge in [-0.25, -0.2) is 4.98 Å². The maximum Gasteiger partial charge on any atom is 0.434 e. The van der Waals surface area contributed by atoms with Gasteiger partial charge in [0.2, 0.25) is 0 Å². The minimum Gasteiger partial charge on any atom is -1.00 e. The molecule has 2 aliphatic heterocycles. The molecule has 0 aliphatic carbocycles. The summed E-state index contributed by atoms with van der Waals surface area (Å²) in [5.41, 5.74) is 8.99. The topological polar surface area (TPSA) is 70.0 Å². The fourth-order valence-corrected chi connectivity index (χ4v) is 6.08. The molecule has 3 aromatic rings. The zero-order valence-corrected chi connectivity index (χ0v) is 23.9. The summed E-state index contributed by atoms with van der Waals surface area (Å²) in [7, 11) is 2.22. The van der Waals surface area contributed by atoms with Crippen molar-refractivity contribution in [1.82, 2.24) is 14.9 Å². The van der Waals surface area contributed by atoms with Gasteiger partial charge in [-0.3, -0.25) is 10.6 Å². The zero-order chi connectivity index (χ0) is 25.7. The Morgan fingerprint density at radius 1 is 1.24 bits per heavy atom. The van der Waals surface area contributed by atoms with E-state index in [-0.39, 0.29) is 42.8 Å². The number of rotatable bonds is 6. The van der Waals surface area contributed by atoms with Crippen molar-refractivity contribution in [1.29, 1.82) is 0 Å². The number of aromatic nitrogens is 2. The van der Waals surface area contributed by atoms with Crippen molar-refractivity contribution in [2.24, 2.45) is 5.73 Å². The van der Waals surface area contributed by atoms with Gasteiger partial charge in [0.25, 0.3) is 0 Å². The van der Waals surface area contributed by atoms with E-state index >= 15 is 0 Å². The Labute approximate surface area is 242 Å². The van der Waals surface area contributed by atoms with Gasteiger partial charge in [-0.05, 0) is 42.3 Å². The van der Waals surface area contributed by atoms with Crippen LogP contribution in [0.3, 0.4) is 0 Å². The Balaban J connectivity index is 0.00000200. The second-order valence-corrected chi connectivity index (χ2v) is 10.9. The first kappa shape index (κ1) is 31.1. The van der Waals surface area contributed by atoms with Gasteiger partial charge in [0.1, 0.15) is 24.6 Å². The normalized spacial score (nSPS) is 23.6. The molecule has 6 nitrogen and oxygen atoms in total. The lowest BCUT2D eigenvalue weighted by molar-refractivity contribution is -0.923. The molecule has 3 atom stereocenters. The molecule has 13 heteroatoms. The van der Waals surface area contributed by atoms with Crippen molar-refractivity contribution in [3.63, 3.8) is 0 Å². The van der Waals surface area contributed by atoms with Crippen LogP contribution in [0.1, 0.15) is 35.8 Å². The highest BCUT2D eigenvalue weighted by molar-refractivity contribution is 6.31. The summed E-state index contributed by atoms with van der Waals surface area (Å²) in [6.07, 6.45) is -1.54. The summed E-state index contributed by atoms with van der Waals surface area (Å²) >= 11 is 12.0. The van der Waals surface area contributed by atoms with E-state index in [1.807, 2.05) is 18.2 Å². The molecule has 4 heterocycles. The van der Waals surface area contributed by atoms with Gasteiger partial charge in [0, 0.05) is 54.1 Å². The Morgan fingerprint density at radius 2 is 2.00 bits per heavy atom.